The van der Waals surface area contributed by atoms with Gasteiger partial charge in [-0.2, -0.15) is 0 Å². The Morgan fingerprint density at radius 1 is 1.05 bits per heavy atom. The average Bonchev–Trinajstić information content (AvgIpc) is 2.53. The zero-order chi connectivity index (χ0) is 13.8. The number of benzene rings is 2. The van der Waals surface area contributed by atoms with Crippen molar-refractivity contribution >= 4 is 16.6 Å². The molecule has 1 N–H and O–H groups in total. The molecule has 1 heterocycles. The molecular weight excluding hydrogens is 248 g/mol. The minimum atomic E-state index is 0.533. The SMILES string of the molecule is CNc1cc(COc2cccc3ccccc23)ccn1. The van der Waals surface area contributed by atoms with Crippen LogP contribution in [0, 0.1) is 0 Å². The van der Waals surface area contributed by atoms with Crippen molar-refractivity contribution in [3.63, 3.8) is 0 Å². The molecule has 0 atom stereocenters. The number of rotatable bonds is 4. The van der Waals surface area contributed by atoms with Crippen LogP contribution < -0.4 is 10.1 Å². The van der Waals surface area contributed by atoms with Gasteiger partial charge < -0.3 is 10.1 Å². The van der Waals surface area contributed by atoms with E-state index in [2.05, 4.69) is 28.5 Å². The Bertz CT molecular complexity index is 720. The maximum atomic E-state index is 5.95. The summed E-state index contributed by atoms with van der Waals surface area (Å²) in [7, 11) is 1.86. The number of ether oxygens (including phenoxy) is 1. The maximum absolute atomic E-state index is 5.95. The molecule has 0 radical (unpaired) electrons. The van der Waals surface area contributed by atoms with Crippen molar-refractivity contribution in [1.29, 1.82) is 0 Å². The first-order valence-electron chi connectivity index (χ1n) is 6.60. The van der Waals surface area contributed by atoms with E-state index in [4.69, 9.17) is 4.74 Å². The quantitative estimate of drug-likeness (QED) is 0.777. The monoisotopic (exact) mass is 264 g/mol. The summed E-state index contributed by atoms with van der Waals surface area (Å²) in [5, 5.41) is 5.36. The Morgan fingerprint density at radius 2 is 1.90 bits per heavy atom. The molecule has 3 rings (SSSR count). The Morgan fingerprint density at radius 3 is 2.80 bits per heavy atom. The van der Waals surface area contributed by atoms with Gasteiger partial charge in [-0.25, -0.2) is 4.98 Å². The molecule has 3 nitrogen and oxygen atoms in total. The van der Waals surface area contributed by atoms with Crippen molar-refractivity contribution in [2.75, 3.05) is 12.4 Å². The molecule has 0 fully saturated rings. The zero-order valence-corrected chi connectivity index (χ0v) is 11.3. The molecule has 0 bridgehead atoms. The summed E-state index contributed by atoms with van der Waals surface area (Å²) in [6.07, 6.45) is 1.79. The Labute approximate surface area is 118 Å². The van der Waals surface area contributed by atoms with E-state index in [0.29, 0.717) is 6.61 Å². The number of fused-ring (bicyclic) bond motifs is 1. The van der Waals surface area contributed by atoms with Gasteiger partial charge in [0.2, 0.25) is 0 Å². The van der Waals surface area contributed by atoms with Crippen molar-refractivity contribution in [2.24, 2.45) is 0 Å². The lowest BCUT2D eigenvalue weighted by Crippen LogP contribution is -1.98. The molecular formula is C17H16N2O. The molecule has 20 heavy (non-hydrogen) atoms. The molecule has 0 amide bonds. The second-order valence-corrected chi connectivity index (χ2v) is 4.57. The van der Waals surface area contributed by atoms with Crippen LogP contribution in [0.3, 0.4) is 0 Å². The molecule has 0 aliphatic heterocycles. The zero-order valence-electron chi connectivity index (χ0n) is 11.3. The fraction of sp³-hybridized carbons (Fsp3) is 0.118. The molecule has 100 valence electrons. The van der Waals surface area contributed by atoms with Gasteiger partial charge in [-0.15, -0.1) is 0 Å². The van der Waals surface area contributed by atoms with Crippen LogP contribution in [0.1, 0.15) is 5.56 Å². The van der Waals surface area contributed by atoms with Gasteiger partial charge >= 0.3 is 0 Å². The molecule has 3 aromatic rings. The fourth-order valence-corrected chi connectivity index (χ4v) is 2.18. The first-order chi connectivity index (χ1) is 9.86. The predicted molar refractivity (Wildman–Crippen MR) is 82.1 cm³/mol. The van der Waals surface area contributed by atoms with E-state index in [0.717, 1.165) is 22.5 Å². The fourth-order valence-electron chi connectivity index (χ4n) is 2.18. The Balaban J connectivity index is 1.83. The smallest absolute Gasteiger partial charge is 0.127 e. The molecule has 0 saturated heterocycles. The first-order valence-corrected chi connectivity index (χ1v) is 6.60. The lowest BCUT2D eigenvalue weighted by Gasteiger charge is -2.10. The number of nitrogens with zero attached hydrogens (tertiary/aromatic N) is 1. The third kappa shape index (κ3) is 2.57. The van der Waals surface area contributed by atoms with E-state index in [9.17, 15) is 0 Å². The van der Waals surface area contributed by atoms with Crippen LogP contribution in [0.4, 0.5) is 5.82 Å². The third-order valence-electron chi connectivity index (χ3n) is 3.22. The van der Waals surface area contributed by atoms with E-state index < -0.39 is 0 Å². The normalized spacial score (nSPS) is 10.4. The van der Waals surface area contributed by atoms with E-state index in [1.807, 2.05) is 43.4 Å². The number of hydrogen-bond donors (Lipinski definition) is 1. The van der Waals surface area contributed by atoms with Gasteiger partial charge in [0.25, 0.3) is 0 Å². The first kappa shape index (κ1) is 12.5. The van der Waals surface area contributed by atoms with Gasteiger partial charge in [0, 0.05) is 18.6 Å². The summed E-state index contributed by atoms with van der Waals surface area (Å²) >= 11 is 0. The summed E-state index contributed by atoms with van der Waals surface area (Å²) in [5.74, 6) is 1.76. The average molecular weight is 264 g/mol. The van der Waals surface area contributed by atoms with Gasteiger partial charge in [-0.1, -0.05) is 36.4 Å². The minimum absolute atomic E-state index is 0.533. The highest BCUT2D eigenvalue weighted by Crippen LogP contribution is 2.25. The van der Waals surface area contributed by atoms with Crippen LogP contribution in [0.2, 0.25) is 0 Å². The van der Waals surface area contributed by atoms with Crippen LogP contribution in [-0.2, 0) is 6.61 Å². The third-order valence-corrected chi connectivity index (χ3v) is 3.22. The Hall–Kier alpha value is -2.55. The van der Waals surface area contributed by atoms with Gasteiger partial charge in [0.15, 0.2) is 0 Å². The topological polar surface area (TPSA) is 34.1 Å². The van der Waals surface area contributed by atoms with Crippen LogP contribution in [0.15, 0.2) is 60.8 Å². The van der Waals surface area contributed by atoms with Crippen molar-refractivity contribution in [3.05, 3.63) is 66.4 Å². The van der Waals surface area contributed by atoms with Crippen molar-refractivity contribution in [1.82, 2.24) is 4.98 Å². The van der Waals surface area contributed by atoms with E-state index in [1.54, 1.807) is 6.20 Å². The highest BCUT2D eigenvalue weighted by molar-refractivity contribution is 5.88. The molecule has 0 spiro atoms. The lowest BCUT2D eigenvalue weighted by atomic mass is 10.1. The maximum Gasteiger partial charge on any atom is 0.127 e. The second-order valence-electron chi connectivity index (χ2n) is 4.57. The second kappa shape index (κ2) is 5.61. The number of hydrogen-bond acceptors (Lipinski definition) is 3. The summed E-state index contributed by atoms with van der Waals surface area (Å²) in [6, 6.07) is 18.3. The van der Waals surface area contributed by atoms with Gasteiger partial charge in [0.1, 0.15) is 18.2 Å². The van der Waals surface area contributed by atoms with Crippen molar-refractivity contribution in [2.45, 2.75) is 6.61 Å². The van der Waals surface area contributed by atoms with Crippen LogP contribution >= 0.6 is 0 Å². The molecule has 0 unspecified atom stereocenters. The van der Waals surface area contributed by atoms with E-state index >= 15 is 0 Å². The number of aromatic nitrogens is 1. The standard InChI is InChI=1S/C17H16N2O/c1-18-17-11-13(9-10-19-17)12-20-16-8-4-6-14-5-2-3-7-15(14)16/h2-11H,12H2,1H3,(H,18,19). The largest absolute Gasteiger partial charge is 0.488 e. The van der Waals surface area contributed by atoms with Gasteiger partial charge in [-0.05, 0) is 29.1 Å². The van der Waals surface area contributed by atoms with Crippen molar-refractivity contribution in [3.8, 4) is 5.75 Å². The highest BCUT2D eigenvalue weighted by atomic mass is 16.5. The van der Waals surface area contributed by atoms with Crippen LogP contribution in [-0.4, -0.2) is 12.0 Å². The lowest BCUT2D eigenvalue weighted by molar-refractivity contribution is 0.310. The molecule has 0 saturated carbocycles. The molecule has 3 heteroatoms. The number of pyridine rings is 1. The molecule has 2 aromatic carbocycles. The predicted octanol–water partition coefficient (Wildman–Crippen LogP) is 3.86. The van der Waals surface area contributed by atoms with Gasteiger partial charge in [-0.3, -0.25) is 0 Å². The molecule has 0 aliphatic carbocycles. The molecule has 1 aromatic heterocycles. The summed E-state index contributed by atoms with van der Waals surface area (Å²) in [5.41, 5.74) is 1.09. The van der Waals surface area contributed by atoms with E-state index in [1.165, 1.54) is 5.39 Å². The number of anilines is 1. The summed E-state index contributed by atoms with van der Waals surface area (Å²) in [6.45, 7) is 0.533. The van der Waals surface area contributed by atoms with Gasteiger partial charge in [0.05, 0.1) is 0 Å². The highest BCUT2D eigenvalue weighted by Gasteiger charge is 2.02. The summed E-state index contributed by atoms with van der Waals surface area (Å²) in [4.78, 5) is 4.20. The van der Waals surface area contributed by atoms with E-state index in [-0.39, 0.29) is 0 Å². The molecule has 0 aliphatic rings. The van der Waals surface area contributed by atoms with Crippen molar-refractivity contribution < 1.29 is 4.74 Å². The summed E-state index contributed by atoms with van der Waals surface area (Å²) < 4.78 is 5.95. The van der Waals surface area contributed by atoms with Crippen LogP contribution in [0.25, 0.3) is 10.8 Å². The minimum Gasteiger partial charge on any atom is -0.488 e. The Kier molecular flexibility index (Phi) is 3.50. The van der Waals surface area contributed by atoms with Crippen LogP contribution in [0.5, 0.6) is 5.75 Å². The number of nitrogens with one attached hydrogen (secondary N) is 1.